The summed E-state index contributed by atoms with van der Waals surface area (Å²) in [7, 11) is 0.925. The summed E-state index contributed by atoms with van der Waals surface area (Å²) in [6.07, 6.45) is -1.18. The van der Waals surface area contributed by atoms with Crippen molar-refractivity contribution in [2.75, 3.05) is 7.11 Å². The second-order valence-corrected chi connectivity index (χ2v) is 5.53. The zero-order chi connectivity index (χ0) is 17.9. The number of carboxylic acid groups (broad SMARTS) is 1. The largest absolute Gasteiger partial charge is 0.491 e. The monoisotopic (exact) mass is 335 g/mol. The normalized spacial score (nSPS) is 12.5. The minimum atomic E-state index is -2.04. The van der Waals surface area contributed by atoms with E-state index in [-0.39, 0.29) is 0 Å². The van der Waals surface area contributed by atoms with Gasteiger partial charge >= 0.3 is 12.1 Å². The first-order chi connectivity index (χ1) is 10.5. The Hall–Kier alpha value is -2.45. The zero-order valence-corrected chi connectivity index (χ0v) is 12.9. The van der Waals surface area contributed by atoms with Crippen LogP contribution >= 0.6 is 0 Å². The number of hydrogen-bond acceptors (Lipinski definition) is 4. The second kappa shape index (κ2) is 6.76. The van der Waals surface area contributed by atoms with E-state index in [1.807, 2.05) is 5.32 Å². The lowest BCUT2D eigenvalue weighted by Gasteiger charge is -2.22. The molecule has 9 heteroatoms. The van der Waals surface area contributed by atoms with Crippen LogP contribution in [-0.4, -0.2) is 29.9 Å². The Labute approximate surface area is 130 Å². The van der Waals surface area contributed by atoms with E-state index in [4.69, 9.17) is 9.84 Å². The van der Waals surface area contributed by atoms with E-state index in [1.54, 1.807) is 0 Å². The van der Waals surface area contributed by atoms with Gasteiger partial charge in [-0.15, -0.1) is 0 Å². The van der Waals surface area contributed by atoms with Crippen LogP contribution in [-0.2, 0) is 9.53 Å². The number of benzene rings is 1. The number of ether oxygens (including phenoxy) is 2. The zero-order valence-electron chi connectivity index (χ0n) is 12.9. The molecule has 1 unspecified atom stereocenters. The van der Waals surface area contributed by atoms with Crippen molar-refractivity contribution in [2.45, 2.75) is 32.4 Å². The summed E-state index contributed by atoms with van der Waals surface area (Å²) in [5, 5.41) is 10.9. The molecule has 0 fully saturated rings. The van der Waals surface area contributed by atoms with Gasteiger partial charge in [0, 0.05) is 5.56 Å². The maximum Gasteiger partial charge on any atom is 0.408 e. The molecule has 1 aromatic rings. The van der Waals surface area contributed by atoms with Crippen LogP contribution in [0.15, 0.2) is 6.07 Å². The molecular formula is C14H16F3NO5. The molecule has 128 valence electrons. The quantitative estimate of drug-likeness (QED) is 0.827. The number of halogens is 3. The predicted octanol–water partition coefficient (Wildman–Crippen LogP) is 2.76. The fourth-order valence-corrected chi connectivity index (χ4v) is 1.69. The van der Waals surface area contributed by atoms with Gasteiger partial charge in [0.05, 0.1) is 7.11 Å². The smallest absolute Gasteiger partial charge is 0.408 e. The molecule has 0 spiro atoms. The van der Waals surface area contributed by atoms with E-state index >= 15 is 0 Å². The number of hydrogen-bond donors (Lipinski definition) is 2. The summed E-state index contributed by atoms with van der Waals surface area (Å²) in [5.41, 5.74) is -1.85. The highest BCUT2D eigenvalue weighted by molar-refractivity contribution is 5.81. The van der Waals surface area contributed by atoms with Crippen molar-refractivity contribution in [3.8, 4) is 5.75 Å². The highest BCUT2D eigenvalue weighted by Gasteiger charge is 2.31. The van der Waals surface area contributed by atoms with Crippen molar-refractivity contribution in [3.05, 3.63) is 29.1 Å². The van der Waals surface area contributed by atoms with Crippen LogP contribution in [0.1, 0.15) is 32.4 Å². The lowest BCUT2D eigenvalue weighted by molar-refractivity contribution is -0.139. The maximum atomic E-state index is 14.0. The number of aliphatic carboxylic acids is 1. The number of carboxylic acids is 1. The van der Waals surface area contributed by atoms with E-state index in [1.165, 1.54) is 20.8 Å². The van der Waals surface area contributed by atoms with E-state index in [0.29, 0.717) is 6.07 Å². The van der Waals surface area contributed by atoms with E-state index in [9.17, 15) is 22.8 Å². The topological polar surface area (TPSA) is 84.9 Å². The van der Waals surface area contributed by atoms with Crippen LogP contribution in [0.5, 0.6) is 5.75 Å². The van der Waals surface area contributed by atoms with E-state index in [0.717, 1.165) is 7.11 Å². The van der Waals surface area contributed by atoms with Gasteiger partial charge in [0.1, 0.15) is 5.60 Å². The summed E-state index contributed by atoms with van der Waals surface area (Å²) >= 11 is 0. The van der Waals surface area contributed by atoms with Crippen LogP contribution in [0, 0.1) is 17.5 Å². The molecule has 1 atom stereocenters. The molecule has 6 nitrogen and oxygen atoms in total. The fourth-order valence-electron chi connectivity index (χ4n) is 1.69. The molecule has 0 aliphatic heterocycles. The summed E-state index contributed by atoms with van der Waals surface area (Å²) in [4.78, 5) is 22.8. The Balaban J connectivity index is 3.22. The Morgan fingerprint density at radius 2 is 1.78 bits per heavy atom. The van der Waals surface area contributed by atoms with Gasteiger partial charge in [-0.2, -0.15) is 4.39 Å². The van der Waals surface area contributed by atoms with Crippen molar-refractivity contribution in [1.82, 2.24) is 5.32 Å². The third kappa shape index (κ3) is 4.51. The summed E-state index contributed by atoms with van der Waals surface area (Å²) in [5.74, 6) is -7.36. The molecule has 0 saturated carbocycles. The highest BCUT2D eigenvalue weighted by Crippen LogP contribution is 2.30. The summed E-state index contributed by atoms with van der Waals surface area (Å²) < 4.78 is 50.5. The van der Waals surface area contributed by atoms with Gasteiger partial charge in [-0.25, -0.2) is 18.4 Å². The second-order valence-electron chi connectivity index (χ2n) is 5.53. The minimum Gasteiger partial charge on any atom is -0.491 e. The average molecular weight is 335 g/mol. The number of carbonyl (C=O) groups is 2. The van der Waals surface area contributed by atoms with Crippen molar-refractivity contribution >= 4 is 12.1 Å². The molecular weight excluding hydrogens is 319 g/mol. The van der Waals surface area contributed by atoms with Gasteiger partial charge in [-0.1, -0.05) is 0 Å². The SMILES string of the molecule is COc1c(F)cc(C(NC(=O)OC(C)(C)C)C(=O)O)c(F)c1F. The van der Waals surface area contributed by atoms with Crippen LogP contribution in [0.2, 0.25) is 0 Å². The van der Waals surface area contributed by atoms with Gasteiger partial charge in [0.15, 0.2) is 23.4 Å². The average Bonchev–Trinajstić information content (AvgIpc) is 2.39. The van der Waals surface area contributed by atoms with Crippen LogP contribution in [0.3, 0.4) is 0 Å². The Morgan fingerprint density at radius 1 is 1.22 bits per heavy atom. The maximum absolute atomic E-state index is 14.0. The lowest BCUT2D eigenvalue weighted by Crippen LogP contribution is -2.38. The van der Waals surface area contributed by atoms with Gasteiger partial charge in [0.25, 0.3) is 0 Å². The molecule has 0 bridgehead atoms. The van der Waals surface area contributed by atoms with Gasteiger partial charge < -0.3 is 19.9 Å². The number of rotatable bonds is 4. The van der Waals surface area contributed by atoms with Crippen LogP contribution < -0.4 is 10.1 Å². The fraction of sp³-hybridized carbons (Fsp3) is 0.429. The summed E-state index contributed by atoms with van der Waals surface area (Å²) in [6, 6.07) is -1.60. The lowest BCUT2D eigenvalue weighted by atomic mass is 10.1. The molecule has 0 radical (unpaired) electrons. The molecule has 23 heavy (non-hydrogen) atoms. The molecule has 2 N–H and O–H groups in total. The molecule has 0 aliphatic carbocycles. The first-order valence-corrected chi connectivity index (χ1v) is 6.41. The molecule has 0 heterocycles. The predicted molar refractivity (Wildman–Crippen MR) is 72.6 cm³/mol. The van der Waals surface area contributed by atoms with Crippen molar-refractivity contribution in [1.29, 1.82) is 0 Å². The first-order valence-electron chi connectivity index (χ1n) is 6.41. The number of carbonyl (C=O) groups excluding carboxylic acids is 1. The van der Waals surface area contributed by atoms with Crippen molar-refractivity contribution in [3.63, 3.8) is 0 Å². The van der Waals surface area contributed by atoms with Crippen LogP contribution in [0.25, 0.3) is 0 Å². The third-order valence-electron chi connectivity index (χ3n) is 2.57. The van der Waals surface area contributed by atoms with E-state index < -0.39 is 52.5 Å². The van der Waals surface area contributed by atoms with Crippen LogP contribution in [0.4, 0.5) is 18.0 Å². The summed E-state index contributed by atoms with van der Waals surface area (Å²) in [6.45, 7) is 4.57. The molecule has 0 saturated heterocycles. The molecule has 1 amide bonds. The van der Waals surface area contributed by atoms with Gasteiger partial charge in [-0.05, 0) is 26.8 Å². The molecule has 1 rings (SSSR count). The van der Waals surface area contributed by atoms with Crippen molar-refractivity contribution < 1.29 is 37.3 Å². The van der Waals surface area contributed by atoms with Gasteiger partial charge in [-0.3, -0.25) is 0 Å². The Kier molecular flexibility index (Phi) is 5.46. The first kappa shape index (κ1) is 18.6. The van der Waals surface area contributed by atoms with Gasteiger partial charge in [0.2, 0.25) is 5.82 Å². The molecule has 0 aliphatic rings. The molecule has 0 aromatic heterocycles. The number of alkyl carbamates (subject to hydrolysis) is 1. The minimum absolute atomic E-state index is 0.438. The molecule has 1 aromatic carbocycles. The van der Waals surface area contributed by atoms with E-state index in [2.05, 4.69) is 4.74 Å². The number of nitrogens with one attached hydrogen (secondary N) is 1. The van der Waals surface area contributed by atoms with Crippen molar-refractivity contribution in [2.24, 2.45) is 0 Å². The number of methoxy groups -OCH3 is 1. The Morgan fingerprint density at radius 3 is 2.22 bits per heavy atom. The highest BCUT2D eigenvalue weighted by atomic mass is 19.2. The number of amides is 1. The third-order valence-corrected chi connectivity index (χ3v) is 2.57. The standard InChI is InChI=1S/C14H16F3NO5/c1-14(2,3)23-13(21)18-10(12(19)20)6-5-7(15)11(22-4)9(17)8(6)16/h5,10H,1-4H3,(H,18,21)(H,19,20). The Bertz CT molecular complexity index is 628.